The molecular weight excluding hydrogens is 576 g/mol. The van der Waals surface area contributed by atoms with Crippen LogP contribution in [-0.4, -0.2) is 52.2 Å². The standard InChI is InChI=1S/C12H12BrN3O2S.C7H3BrClNS/c13-10-7-8-9(19-10)1-2-14-11(8)15-3-5-16(6-4-15)12(17)18;8-6-3-4-5(11-6)1-2-10-7(4)9/h1-2,7H,3-6H2,(H,17,18);1-3H. The van der Waals surface area contributed by atoms with Crippen LogP contribution in [-0.2, 0) is 0 Å². The normalized spacial score (nSPS) is 14.1. The van der Waals surface area contributed by atoms with Gasteiger partial charge in [0.25, 0.3) is 0 Å². The zero-order chi connectivity index (χ0) is 21.3. The third-order valence-corrected chi connectivity index (χ3v) is 8.12. The summed E-state index contributed by atoms with van der Waals surface area (Å²) in [5.74, 6) is 0.949. The summed E-state index contributed by atoms with van der Waals surface area (Å²) in [5, 5.41) is 11.7. The Hall–Kier alpha value is -1.46. The first-order valence-electron chi connectivity index (χ1n) is 8.89. The quantitative estimate of drug-likeness (QED) is 0.254. The molecule has 0 saturated carbocycles. The maximum atomic E-state index is 10.9. The van der Waals surface area contributed by atoms with Gasteiger partial charge in [0.15, 0.2) is 0 Å². The Labute approximate surface area is 202 Å². The number of nitrogens with zero attached hydrogens (tertiary/aromatic N) is 4. The molecule has 0 spiro atoms. The molecule has 1 aliphatic rings. The van der Waals surface area contributed by atoms with Gasteiger partial charge in [0.1, 0.15) is 11.0 Å². The minimum Gasteiger partial charge on any atom is -0.465 e. The molecule has 0 aliphatic carbocycles. The number of carbonyl (C=O) groups is 1. The number of rotatable bonds is 1. The SMILES string of the molecule is Clc1nccc2sc(Br)cc12.O=C(O)N1CCN(c2nccc3sc(Br)cc23)CC1. The Bertz CT molecular complexity index is 1210. The molecule has 5 heterocycles. The second-order valence-corrected chi connectivity index (χ2v) is 11.7. The molecule has 4 aromatic heterocycles. The lowest BCUT2D eigenvalue weighted by Crippen LogP contribution is -2.48. The summed E-state index contributed by atoms with van der Waals surface area (Å²) in [6.45, 7) is 2.43. The largest absolute Gasteiger partial charge is 0.465 e. The van der Waals surface area contributed by atoms with Crippen LogP contribution in [0.2, 0.25) is 5.15 Å². The number of hydrogen-bond acceptors (Lipinski definition) is 6. The zero-order valence-corrected chi connectivity index (χ0v) is 20.9. The lowest BCUT2D eigenvalue weighted by molar-refractivity contribution is 0.142. The van der Waals surface area contributed by atoms with Crippen molar-refractivity contribution < 1.29 is 9.90 Å². The molecule has 5 rings (SSSR count). The van der Waals surface area contributed by atoms with Crippen molar-refractivity contribution >= 4 is 98.2 Å². The van der Waals surface area contributed by atoms with Crippen molar-refractivity contribution in [2.24, 2.45) is 0 Å². The molecule has 0 unspecified atom stereocenters. The topological polar surface area (TPSA) is 69.6 Å². The van der Waals surface area contributed by atoms with Crippen LogP contribution in [0.4, 0.5) is 10.6 Å². The summed E-state index contributed by atoms with van der Waals surface area (Å²) in [6.07, 6.45) is 2.68. The molecule has 1 fully saturated rings. The maximum Gasteiger partial charge on any atom is 0.407 e. The van der Waals surface area contributed by atoms with Gasteiger partial charge in [0.05, 0.1) is 7.57 Å². The van der Waals surface area contributed by atoms with Gasteiger partial charge in [-0.15, -0.1) is 22.7 Å². The first-order valence-corrected chi connectivity index (χ1v) is 12.5. The average Bonchev–Trinajstić information content (AvgIpc) is 3.30. The van der Waals surface area contributed by atoms with Crippen molar-refractivity contribution in [3.63, 3.8) is 0 Å². The molecule has 0 aromatic carbocycles. The lowest BCUT2D eigenvalue weighted by Gasteiger charge is -2.34. The molecule has 0 atom stereocenters. The number of pyridine rings is 2. The van der Waals surface area contributed by atoms with Crippen LogP contribution in [0.15, 0.2) is 44.2 Å². The van der Waals surface area contributed by atoms with Crippen LogP contribution in [0.3, 0.4) is 0 Å². The van der Waals surface area contributed by atoms with Crippen LogP contribution in [0.1, 0.15) is 0 Å². The molecule has 156 valence electrons. The number of halogens is 3. The Kier molecular flexibility index (Phi) is 6.78. The van der Waals surface area contributed by atoms with Gasteiger partial charge in [-0.1, -0.05) is 11.6 Å². The van der Waals surface area contributed by atoms with E-state index in [1.54, 1.807) is 28.9 Å². The third-order valence-electron chi connectivity index (χ3n) is 4.61. The summed E-state index contributed by atoms with van der Waals surface area (Å²) in [4.78, 5) is 22.9. The van der Waals surface area contributed by atoms with E-state index in [4.69, 9.17) is 16.7 Å². The predicted molar refractivity (Wildman–Crippen MR) is 131 cm³/mol. The van der Waals surface area contributed by atoms with Gasteiger partial charge < -0.3 is 14.9 Å². The summed E-state index contributed by atoms with van der Waals surface area (Å²) < 4.78 is 4.53. The minimum absolute atomic E-state index is 0.526. The monoisotopic (exact) mass is 588 g/mol. The van der Waals surface area contributed by atoms with Crippen LogP contribution in [0.5, 0.6) is 0 Å². The van der Waals surface area contributed by atoms with Gasteiger partial charge in [-0.25, -0.2) is 14.8 Å². The van der Waals surface area contributed by atoms with E-state index in [1.165, 1.54) is 9.60 Å². The Morgan fingerprint density at radius 1 is 0.967 bits per heavy atom. The summed E-state index contributed by atoms with van der Waals surface area (Å²) >= 11 is 16.1. The zero-order valence-electron chi connectivity index (χ0n) is 15.4. The van der Waals surface area contributed by atoms with Gasteiger partial charge in [0, 0.05) is 58.7 Å². The highest BCUT2D eigenvalue weighted by molar-refractivity contribution is 9.11. The first-order chi connectivity index (χ1) is 14.4. The van der Waals surface area contributed by atoms with Gasteiger partial charge >= 0.3 is 6.09 Å². The van der Waals surface area contributed by atoms with E-state index in [2.05, 4.69) is 52.8 Å². The second kappa shape index (κ2) is 9.35. The summed E-state index contributed by atoms with van der Waals surface area (Å²) in [7, 11) is 0. The van der Waals surface area contributed by atoms with Crippen molar-refractivity contribution in [1.29, 1.82) is 0 Å². The van der Waals surface area contributed by atoms with Crippen molar-refractivity contribution in [2.75, 3.05) is 31.1 Å². The molecule has 4 aromatic rings. The van der Waals surface area contributed by atoms with E-state index >= 15 is 0 Å². The van der Waals surface area contributed by atoms with Crippen molar-refractivity contribution in [2.45, 2.75) is 0 Å². The maximum absolute atomic E-state index is 10.9. The smallest absolute Gasteiger partial charge is 0.407 e. The van der Waals surface area contributed by atoms with Gasteiger partial charge in [-0.3, -0.25) is 0 Å². The average molecular weight is 591 g/mol. The van der Waals surface area contributed by atoms with Crippen molar-refractivity contribution in [3.05, 3.63) is 49.4 Å². The van der Waals surface area contributed by atoms with E-state index in [9.17, 15) is 4.79 Å². The number of hydrogen-bond donors (Lipinski definition) is 1. The Balaban J connectivity index is 0.000000168. The molecule has 6 nitrogen and oxygen atoms in total. The van der Waals surface area contributed by atoms with E-state index in [-0.39, 0.29) is 0 Å². The molecule has 1 amide bonds. The highest BCUT2D eigenvalue weighted by Gasteiger charge is 2.22. The fourth-order valence-corrected chi connectivity index (χ4v) is 6.51. The van der Waals surface area contributed by atoms with Crippen molar-refractivity contribution in [1.82, 2.24) is 14.9 Å². The predicted octanol–water partition coefficient (Wildman–Crippen LogP) is 6.57. The fourth-order valence-electron chi connectivity index (χ4n) is 3.18. The minimum atomic E-state index is -0.843. The molecule has 30 heavy (non-hydrogen) atoms. The molecule has 1 N–H and O–H groups in total. The number of thiophene rings is 2. The van der Waals surface area contributed by atoms with E-state index in [0.29, 0.717) is 31.3 Å². The first kappa shape index (κ1) is 21.8. The van der Waals surface area contributed by atoms with Crippen LogP contribution >= 0.6 is 66.1 Å². The molecule has 0 radical (unpaired) electrons. The number of aromatic nitrogens is 2. The molecule has 0 bridgehead atoms. The van der Waals surface area contributed by atoms with E-state index in [1.807, 2.05) is 24.4 Å². The lowest BCUT2D eigenvalue weighted by atomic mass is 10.2. The number of anilines is 1. The van der Waals surface area contributed by atoms with Gasteiger partial charge in [-0.05, 0) is 56.1 Å². The molecular formula is C19H15Br2ClN4O2S2. The fraction of sp³-hybridized carbons (Fsp3) is 0.211. The Morgan fingerprint density at radius 2 is 1.53 bits per heavy atom. The van der Waals surface area contributed by atoms with Crippen LogP contribution in [0.25, 0.3) is 20.2 Å². The molecule has 11 heteroatoms. The molecule has 1 aliphatic heterocycles. The van der Waals surface area contributed by atoms with E-state index in [0.717, 1.165) is 28.9 Å². The van der Waals surface area contributed by atoms with Crippen molar-refractivity contribution in [3.8, 4) is 0 Å². The Morgan fingerprint density at radius 3 is 2.13 bits per heavy atom. The number of piperazine rings is 1. The number of fused-ring (bicyclic) bond motifs is 2. The van der Waals surface area contributed by atoms with Crippen LogP contribution in [0, 0.1) is 0 Å². The van der Waals surface area contributed by atoms with Gasteiger partial charge in [-0.2, -0.15) is 0 Å². The number of carboxylic acid groups (broad SMARTS) is 1. The number of amides is 1. The third kappa shape index (κ3) is 4.72. The molecule has 1 saturated heterocycles. The van der Waals surface area contributed by atoms with Gasteiger partial charge in [0.2, 0.25) is 0 Å². The highest BCUT2D eigenvalue weighted by atomic mass is 79.9. The summed E-state index contributed by atoms with van der Waals surface area (Å²) in [6, 6.07) is 8.01. The summed E-state index contributed by atoms with van der Waals surface area (Å²) in [5.41, 5.74) is 0. The highest BCUT2D eigenvalue weighted by Crippen LogP contribution is 2.35. The second-order valence-electron chi connectivity index (χ2n) is 6.42. The van der Waals surface area contributed by atoms with E-state index < -0.39 is 6.09 Å². The van der Waals surface area contributed by atoms with Crippen LogP contribution < -0.4 is 4.90 Å².